The fourth-order valence-electron chi connectivity index (χ4n) is 0.561. The summed E-state index contributed by atoms with van der Waals surface area (Å²) in [5.74, 6) is 0. The van der Waals surface area contributed by atoms with E-state index in [9.17, 15) is 0 Å². The molecule has 0 bridgehead atoms. The molecule has 0 rings (SSSR count). The zero-order valence-corrected chi connectivity index (χ0v) is 7.54. The van der Waals surface area contributed by atoms with Crippen LogP contribution in [-0.4, -0.2) is 19.3 Å². The number of rotatable bonds is 4. The summed E-state index contributed by atoms with van der Waals surface area (Å²) in [6, 6.07) is 0. The number of allylic oxidation sites excluding steroid dienone is 4. The van der Waals surface area contributed by atoms with E-state index < -0.39 is 0 Å². The Labute approximate surface area is 70.4 Å². The molecule has 0 aromatic heterocycles. The van der Waals surface area contributed by atoms with Gasteiger partial charge in [0.2, 0.25) is 7.41 Å². The first-order chi connectivity index (χ1) is 5.22. The summed E-state index contributed by atoms with van der Waals surface area (Å²) in [6.45, 7) is 7.84. The predicted octanol–water partition coefficient (Wildman–Crippen LogP) is 2.23. The van der Waals surface area contributed by atoms with Gasteiger partial charge in [-0.25, -0.2) is 0 Å². The Morgan fingerprint density at radius 2 is 2.09 bits per heavy atom. The molecule has 59 valence electrons. The van der Waals surface area contributed by atoms with Crippen LogP contribution in [0.3, 0.4) is 0 Å². The molecular weight excluding hydrogens is 133 g/mol. The Bertz CT molecular complexity index is 170. The SMILES string of the molecule is C=C(/C=C\C=C/C)N(C)[B]C. The average molecular weight is 148 g/mol. The van der Waals surface area contributed by atoms with Crippen LogP contribution < -0.4 is 0 Å². The van der Waals surface area contributed by atoms with Crippen molar-refractivity contribution in [2.75, 3.05) is 7.05 Å². The fraction of sp³-hybridized carbons (Fsp3) is 0.333. The molecule has 0 aliphatic carbocycles. The van der Waals surface area contributed by atoms with Crippen LogP contribution in [0.5, 0.6) is 0 Å². The van der Waals surface area contributed by atoms with Crippen LogP contribution in [0, 0.1) is 0 Å². The zero-order valence-electron chi connectivity index (χ0n) is 7.54. The minimum atomic E-state index is 0.991. The molecule has 0 fully saturated rings. The molecule has 0 atom stereocenters. The van der Waals surface area contributed by atoms with Crippen molar-refractivity contribution in [2.24, 2.45) is 0 Å². The van der Waals surface area contributed by atoms with E-state index in [0.717, 1.165) is 5.70 Å². The molecule has 0 saturated heterocycles. The van der Waals surface area contributed by atoms with E-state index in [2.05, 4.69) is 6.58 Å². The van der Waals surface area contributed by atoms with Crippen LogP contribution in [-0.2, 0) is 0 Å². The van der Waals surface area contributed by atoms with Gasteiger partial charge < -0.3 is 4.81 Å². The molecule has 0 spiro atoms. The standard InChI is InChI=1S/C9H15BN/c1-5-6-7-8-9(2)11(4)10-3/h5-8H,2H2,1,3-4H3/b6-5-,8-7-. The molecule has 0 aromatic carbocycles. The number of hydrogen-bond acceptors (Lipinski definition) is 1. The highest BCUT2D eigenvalue weighted by Crippen LogP contribution is 1.97. The molecule has 0 aliphatic rings. The van der Waals surface area contributed by atoms with Crippen molar-refractivity contribution in [1.82, 2.24) is 4.81 Å². The van der Waals surface area contributed by atoms with Crippen molar-refractivity contribution >= 4 is 7.41 Å². The van der Waals surface area contributed by atoms with Gasteiger partial charge in [0.1, 0.15) is 0 Å². The molecule has 1 nitrogen and oxygen atoms in total. The minimum Gasteiger partial charge on any atom is -0.423 e. The molecule has 0 amide bonds. The maximum atomic E-state index is 3.87. The van der Waals surface area contributed by atoms with Crippen molar-refractivity contribution in [3.63, 3.8) is 0 Å². The molecule has 0 aromatic rings. The summed E-state index contributed by atoms with van der Waals surface area (Å²) in [5, 5.41) is 0. The third-order valence-corrected chi connectivity index (χ3v) is 1.43. The highest BCUT2D eigenvalue weighted by molar-refractivity contribution is 6.30. The van der Waals surface area contributed by atoms with E-state index in [4.69, 9.17) is 0 Å². The molecular formula is C9H15BN. The second kappa shape index (κ2) is 5.84. The lowest BCUT2D eigenvalue weighted by molar-refractivity contribution is 0.693. The minimum absolute atomic E-state index is 0.991. The van der Waals surface area contributed by atoms with Gasteiger partial charge in [0.05, 0.1) is 0 Å². The average Bonchev–Trinajstić information content (AvgIpc) is 2.03. The Kier molecular flexibility index (Phi) is 5.35. The maximum absolute atomic E-state index is 3.87. The Morgan fingerprint density at radius 3 is 2.55 bits per heavy atom. The van der Waals surface area contributed by atoms with Crippen LogP contribution in [0.15, 0.2) is 36.6 Å². The lowest BCUT2D eigenvalue weighted by Gasteiger charge is -2.15. The van der Waals surface area contributed by atoms with Crippen molar-refractivity contribution < 1.29 is 0 Å². The lowest BCUT2D eigenvalue weighted by Crippen LogP contribution is -2.17. The Balaban J connectivity index is 3.86. The third kappa shape index (κ3) is 4.48. The Morgan fingerprint density at radius 1 is 1.45 bits per heavy atom. The summed E-state index contributed by atoms with van der Waals surface area (Å²) < 4.78 is 0. The third-order valence-electron chi connectivity index (χ3n) is 1.43. The van der Waals surface area contributed by atoms with Crippen molar-refractivity contribution in [3.05, 3.63) is 36.6 Å². The topological polar surface area (TPSA) is 3.24 Å². The van der Waals surface area contributed by atoms with Gasteiger partial charge in [0.15, 0.2) is 0 Å². The summed E-state index contributed by atoms with van der Waals surface area (Å²) in [4.78, 5) is 1.97. The lowest BCUT2D eigenvalue weighted by atomic mass is 9.96. The molecule has 2 heteroatoms. The number of hydrogen-bond donors (Lipinski definition) is 0. The Hall–Kier alpha value is -0.915. The predicted molar refractivity (Wildman–Crippen MR) is 52.5 cm³/mol. The van der Waals surface area contributed by atoms with Gasteiger partial charge in [-0.15, -0.1) is 0 Å². The van der Waals surface area contributed by atoms with Crippen molar-refractivity contribution in [2.45, 2.75) is 13.7 Å². The van der Waals surface area contributed by atoms with E-state index in [1.54, 1.807) is 0 Å². The van der Waals surface area contributed by atoms with Crippen molar-refractivity contribution in [3.8, 4) is 0 Å². The molecule has 0 N–H and O–H groups in total. The second-order valence-electron chi connectivity index (χ2n) is 2.25. The van der Waals surface area contributed by atoms with Gasteiger partial charge in [0.25, 0.3) is 0 Å². The highest BCUT2D eigenvalue weighted by atomic mass is 15.0. The largest absolute Gasteiger partial charge is 0.423 e. The van der Waals surface area contributed by atoms with Crippen LogP contribution in [0.4, 0.5) is 0 Å². The molecule has 11 heavy (non-hydrogen) atoms. The van der Waals surface area contributed by atoms with Crippen LogP contribution in [0.25, 0.3) is 0 Å². The van der Waals surface area contributed by atoms with Crippen LogP contribution in [0.1, 0.15) is 6.92 Å². The summed E-state index contributed by atoms with van der Waals surface area (Å²) in [7, 11) is 3.95. The molecule has 1 radical (unpaired) electrons. The number of likely N-dealkylation sites (N-methyl/N-ethyl adjacent to an activating group) is 1. The molecule has 0 aliphatic heterocycles. The number of nitrogens with zero attached hydrogens (tertiary/aromatic N) is 1. The van der Waals surface area contributed by atoms with E-state index in [1.165, 1.54) is 0 Å². The molecule has 0 saturated carbocycles. The van der Waals surface area contributed by atoms with Gasteiger partial charge >= 0.3 is 0 Å². The highest BCUT2D eigenvalue weighted by Gasteiger charge is 1.92. The van der Waals surface area contributed by atoms with Crippen LogP contribution >= 0.6 is 0 Å². The quantitative estimate of drug-likeness (QED) is 0.436. The summed E-state index contributed by atoms with van der Waals surface area (Å²) in [6.07, 6.45) is 7.91. The van der Waals surface area contributed by atoms with Gasteiger partial charge in [0, 0.05) is 5.70 Å². The normalized spacial score (nSPS) is 10.8. The monoisotopic (exact) mass is 148 g/mol. The smallest absolute Gasteiger partial charge is 0.242 e. The van der Waals surface area contributed by atoms with Gasteiger partial charge in [-0.3, -0.25) is 0 Å². The fourth-order valence-corrected chi connectivity index (χ4v) is 0.561. The van der Waals surface area contributed by atoms with Gasteiger partial charge in [-0.2, -0.15) is 0 Å². The first-order valence-electron chi connectivity index (χ1n) is 3.73. The van der Waals surface area contributed by atoms with Gasteiger partial charge in [-0.05, 0) is 20.0 Å². The molecule has 0 heterocycles. The van der Waals surface area contributed by atoms with Gasteiger partial charge in [-0.1, -0.05) is 31.6 Å². The van der Waals surface area contributed by atoms with Crippen molar-refractivity contribution in [1.29, 1.82) is 0 Å². The van der Waals surface area contributed by atoms with Crippen LogP contribution in [0.2, 0.25) is 6.82 Å². The first kappa shape index (κ1) is 10.1. The van der Waals surface area contributed by atoms with E-state index >= 15 is 0 Å². The maximum Gasteiger partial charge on any atom is 0.242 e. The second-order valence-corrected chi connectivity index (χ2v) is 2.25. The van der Waals surface area contributed by atoms with E-state index in [1.807, 2.05) is 57.3 Å². The first-order valence-corrected chi connectivity index (χ1v) is 3.73. The molecule has 0 unspecified atom stereocenters. The summed E-state index contributed by atoms with van der Waals surface area (Å²) in [5.41, 5.74) is 0.991. The zero-order chi connectivity index (χ0) is 8.69. The van der Waals surface area contributed by atoms with E-state index in [0.29, 0.717) is 0 Å². The van der Waals surface area contributed by atoms with E-state index in [-0.39, 0.29) is 0 Å². The summed E-state index contributed by atoms with van der Waals surface area (Å²) >= 11 is 0.